The molecule has 0 unspecified atom stereocenters. The minimum Gasteiger partial charge on any atom is -0.468 e. The third-order valence-electron chi connectivity index (χ3n) is 3.66. The highest BCUT2D eigenvalue weighted by Gasteiger charge is 2.42. The second-order valence-corrected chi connectivity index (χ2v) is 5.63. The van der Waals surface area contributed by atoms with Gasteiger partial charge in [-0.1, -0.05) is 28.1 Å². The lowest BCUT2D eigenvalue weighted by Crippen LogP contribution is -2.57. The molecule has 0 saturated heterocycles. The van der Waals surface area contributed by atoms with Crippen LogP contribution in [0.2, 0.25) is 0 Å². The number of carbonyl (C=O) groups excluding carboxylic acids is 1. The molecule has 19 heavy (non-hydrogen) atoms. The maximum atomic E-state index is 12.1. The maximum absolute atomic E-state index is 12.1. The predicted molar refractivity (Wildman–Crippen MR) is 76.0 cm³/mol. The second-order valence-electron chi connectivity index (χ2n) is 4.78. The lowest BCUT2D eigenvalue weighted by atomic mass is 9.78. The highest BCUT2D eigenvalue weighted by atomic mass is 79.9. The first-order chi connectivity index (χ1) is 9.13. The van der Waals surface area contributed by atoms with Crippen molar-refractivity contribution in [1.29, 1.82) is 0 Å². The van der Waals surface area contributed by atoms with Crippen molar-refractivity contribution in [1.82, 2.24) is 5.32 Å². The van der Waals surface area contributed by atoms with E-state index in [9.17, 15) is 4.79 Å². The number of aliphatic hydroxyl groups excluding tert-OH is 1. The molecule has 0 fully saturated rings. The molecule has 1 aromatic carbocycles. The number of esters is 1. The minimum absolute atomic E-state index is 0.00405. The number of fused-ring (bicyclic) bond motifs is 1. The highest BCUT2D eigenvalue weighted by Crippen LogP contribution is 2.33. The van der Waals surface area contributed by atoms with E-state index in [4.69, 9.17) is 9.84 Å². The van der Waals surface area contributed by atoms with E-state index < -0.39 is 5.54 Å². The van der Waals surface area contributed by atoms with Crippen molar-refractivity contribution in [2.24, 2.45) is 0 Å². The molecule has 0 heterocycles. The van der Waals surface area contributed by atoms with E-state index in [1.54, 1.807) is 0 Å². The van der Waals surface area contributed by atoms with Crippen LogP contribution in [0.25, 0.3) is 0 Å². The molecule has 1 atom stereocenters. The third kappa shape index (κ3) is 2.83. The Morgan fingerprint density at radius 2 is 2.37 bits per heavy atom. The van der Waals surface area contributed by atoms with E-state index in [2.05, 4.69) is 21.2 Å². The lowest BCUT2D eigenvalue weighted by Gasteiger charge is -2.36. The Labute approximate surface area is 121 Å². The molecule has 0 aromatic heterocycles. The van der Waals surface area contributed by atoms with Gasteiger partial charge in [-0.3, -0.25) is 10.1 Å². The summed E-state index contributed by atoms with van der Waals surface area (Å²) in [6.07, 6.45) is 2.08. The SMILES string of the molecule is COC(=O)[C@@]1(NCCO)CCc2c(Br)cccc2C1. The molecule has 0 spiro atoms. The number of hydrogen-bond acceptors (Lipinski definition) is 4. The van der Waals surface area contributed by atoms with Crippen molar-refractivity contribution < 1.29 is 14.6 Å². The molecule has 1 aliphatic carbocycles. The fraction of sp³-hybridized carbons (Fsp3) is 0.500. The Kier molecular flexibility index (Phi) is 4.60. The third-order valence-corrected chi connectivity index (χ3v) is 4.40. The van der Waals surface area contributed by atoms with Gasteiger partial charge < -0.3 is 9.84 Å². The van der Waals surface area contributed by atoms with E-state index >= 15 is 0 Å². The van der Waals surface area contributed by atoms with Gasteiger partial charge in [-0.15, -0.1) is 0 Å². The Morgan fingerprint density at radius 3 is 3.05 bits per heavy atom. The van der Waals surface area contributed by atoms with Gasteiger partial charge in [0.15, 0.2) is 0 Å². The molecule has 4 nitrogen and oxygen atoms in total. The summed E-state index contributed by atoms with van der Waals surface area (Å²) in [6.45, 7) is 0.391. The number of carbonyl (C=O) groups is 1. The summed E-state index contributed by atoms with van der Waals surface area (Å²) in [6, 6.07) is 6.03. The van der Waals surface area contributed by atoms with Gasteiger partial charge in [-0.05, 0) is 30.0 Å². The molecule has 1 aliphatic rings. The molecule has 0 radical (unpaired) electrons. The smallest absolute Gasteiger partial charge is 0.326 e. The number of nitrogens with one attached hydrogen (secondary N) is 1. The molecular formula is C14H18BrNO3. The Hall–Kier alpha value is -0.910. The summed E-state index contributed by atoms with van der Waals surface area (Å²) in [7, 11) is 1.40. The van der Waals surface area contributed by atoms with Gasteiger partial charge in [-0.2, -0.15) is 0 Å². The van der Waals surface area contributed by atoms with Gasteiger partial charge in [0.2, 0.25) is 0 Å². The molecule has 2 N–H and O–H groups in total. The Balaban J connectivity index is 2.31. The average molecular weight is 328 g/mol. The number of ether oxygens (including phenoxy) is 1. The van der Waals surface area contributed by atoms with Gasteiger partial charge in [-0.25, -0.2) is 0 Å². The van der Waals surface area contributed by atoms with E-state index in [1.807, 2.05) is 18.2 Å². The first kappa shape index (κ1) is 14.5. The number of methoxy groups -OCH3 is 1. The van der Waals surface area contributed by atoms with Crippen LogP contribution in [0.1, 0.15) is 17.5 Å². The molecule has 0 saturated carbocycles. The highest BCUT2D eigenvalue weighted by molar-refractivity contribution is 9.10. The fourth-order valence-corrected chi connectivity index (χ4v) is 3.29. The van der Waals surface area contributed by atoms with Crippen LogP contribution in [-0.4, -0.2) is 36.9 Å². The average Bonchev–Trinajstić information content (AvgIpc) is 2.44. The molecule has 0 amide bonds. The van der Waals surface area contributed by atoms with Crippen LogP contribution in [0.3, 0.4) is 0 Å². The van der Waals surface area contributed by atoms with Crippen molar-refractivity contribution in [2.45, 2.75) is 24.8 Å². The van der Waals surface area contributed by atoms with Gasteiger partial charge >= 0.3 is 5.97 Å². The Bertz CT molecular complexity index is 478. The van der Waals surface area contributed by atoms with Gasteiger partial charge in [0.1, 0.15) is 5.54 Å². The molecule has 0 bridgehead atoms. The van der Waals surface area contributed by atoms with Crippen LogP contribution in [-0.2, 0) is 22.4 Å². The lowest BCUT2D eigenvalue weighted by molar-refractivity contribution is -0.149. The monoisotopic (exact) mass is 327 g/mol. The van der Waals surface area contributed by atoms with Crippen LogP contribution >= 0.6 is 15.9 Å². The van der Waals surface area contributed by atoms with Gasteiger partial charge in [0.25, 0.3) is 0 Å². The molecule has 1 aromatic rings. The minimum atomic E-state index is -0.717. The molecule has 104 valence electrons. The van der Waals surface area contributed by atoms with Crippen LogP contribution in [0, 0.1) is 0 Å². The normalized spacial score (nSPS) is 21.8. The Morgan fingerprint density at radius 1 is 1.58 bits per heavy atom. The topological polar surface area (TPSA) is 58.6 Å². The van der Waals surface area contributed by atoms with Crippen molar-refractivity contribution >= 4 is 21.9 Å². The van der Waals surface area contributed by atoms with Crippen LogP contribution < -0.4 is 5.32 Å². The summed E-state index contributed by atoms with van der Waals surface area (Å²) in [4.78, 5) is 12.1. The van der Waals surface area contributed by atoms with Crippen LogP contribution in [0.5, 0.6) is 0 Å². The van der Waals surface area contributed by atoms with E-state index in [1.165, 1.54) is 12.7 Å². The molecule has 0 aliphatic heterocycles. The van der Waals surface area contributed by atoms with Crippen LogP contribution in [0.4, 0.5) is 0 Å². The quantitative estimate of drug-likeness (QED) is 0.821. The molecule has 2 rings (SSSR count). The maximum Gasteiger partial charge on any atom is 0.326 e. The standard InChI is InChI=1S/C14H18BrNO3/c1-19-13(18)14(16-7-8-17)6-5-11-10(9-14)3-2-4-12(11)15/h2-4,16-17H,5-9H2,1H3/t14-/m1/s1. The fourth-order valence-electron chi connectivity index (χ4n) is 2.69. The first-order valence-electron chi connectivity index (χ1n) is 6.33. The first-order valence-corrected chi connectivity index (χ1v) is 7.13. The zero-order chi connectivity index (χ0) is 13.9. The van der Waals surface area contributed by atoms with Crippen molar-refractivity contribution in [3.05, 3.63) is 33.8 Å². The summed E-state index contributed by atoms with van der Waals surface area (Å²) in [5.41, 5.74) is 1.69. The van der Waals surface area contributed by atoms with E-state index in [0.717, 1.165) is 16.5 Å². The van der Waals surface area contributed by atoms with E-state index in [-0.39, 0.29) is 12.6 Å². The van der Waals surface area contributed by atoms with Crippen molar-refractivity contribution in [3.8, 4) is 0 Å². The zero-order valence-electron chi connectivity index (χ0n) is 10.9. The summed E-state index contributed by atoms with van der Waals surface area (Å²) in [5, 5.41) is 12.1. The van der Waals surface area contributed by atoms with Gasteiger partial charge in [0.05, 0.1) is 13.7 Å². The number of aliphatic hydroxyl groups is 1. The summed E-state index contributed by atoms with van der Waals surface area (Å²) in [5.74, 6) is -0.258. The second kappa shape index (κ2) is 6.03. The largest absolute Gasteiger partial charge is 0.468 e. The van der Waals surface area contributed by atoms with Crippen molar-refractivity contribution in [2.75, 3.05) is 20.3 Å². The zero-order valence-corrected chi connectivity index (χ0v) is 12.5. The number of β-amino-alcohol motifs (C(OH)–C–C–N with tert-alkyl or cyclic N) is 1. The summed E-state index contributed by atoms with van der Waals surface area (Å²) >= 11 is 3.55. The van der Waals surface area contributed by atoms with E-state index in [0.29, 0.717) is 19.4 Å². The molecular weight excluding hydrogens is 310 g/mol. The number of benzene rings is 1. The van der Waals surface area contributed by atoms with Crippen LogP contribution in [0.15, 0.2) is 22.7 Å². The predicted octanol–water partition coefficient (Wildman–Crippen LogP) is 1.43. The van der Waals surface area contributed by atoms with Crippen molar-refractivity contribution in [3.63, 3.8) is 0 Å². The summed E-state index contributed by atoms with van der Waals surface area (Å²) < 4.78 is 6.03. The number of hydrogen-bond donors (Lipinski definition) is 2. The van der Waals surface area contributed by atoms with Gasteiger partial charge in [0, 0.05) is 17.4 Å². The number of rotatable bonds is 4. The number of halogens is 1. The molecule has 5 heteroatoms.